The largest absolute Gasteiger partial charge is 0.314 e. The Morgan fingerprint density at radius 2 is 2.44 bits per heavy atom. The molecule has 1 aliphatic carbocycles. The fraction of sp³-hybridized carbons (Fsp3) is 0.857. The summed E-state index contributed by atoms with van der Waals surface area (Å²) < 4.78 is 0. The zero-order valence-electron chi connectivity index (χ0n) is 5.93. The standard InChI is InChI=1S/C7H14N2/c1-8-5-2-6-9-7-3-4-7/h5,7,9H,2-4,6H2,1H3. The maximum atomic E-state index is 3.89. The monoisotopic (exact) mass is 126 g/mol. The van der Waals surface area contributed by atoms with Gasteiger partial charge in [0.25, 0.3) is 0 Å². The minimum atomic E-state index is 0.843. The molecule has 1 rings (SSSR count). The normalized spacial score (nSPS) is 19.2. The lowest BCUT2D eigenvalue weighted by molar-refractivity contribution is 0.702. The smallest absolute Gasteiger partial charge is 0.0273 e. The number of nitrogens with zero attached hydrogens (tertiary/aromatic N) is 1. The number of nitrogens with one attached hydrogen (secondary N) is 1. The van der Waals surface area contributed by atoms with Crippen LogP contribution < -0.4 is 5.32 Å². The molecule has 0 radical (unpaired) electrons. The first-order valence-electron chi connectivity index (χ1n) is 3.57. The average molecular weight is 126 g/mol. The number of hydrogen-bond donors (Lipinski definition) is 1. The fourth-order valence-electron chi connectivity index (χ4n) is 0.769. The lowest BCUT2D eigenvalue weighted by Crippen LogP contribution is -2.17. The summed E-state index contributed by atoms with van der Waals surface area (Å²) in [5.74, 6) is 0. The predicted molar refractivity (Wildman–Crippen MR) is 40.1 cm³/mol. The van der Waals surface area contributed by atoms with Crippen LogP contribution in [0.2, 0.25) is 0 Å². The summed E-state index contributed by atoms with van der Waals surface area (Å²) >= 11 is 0. The summed E-state index contributed by atoms with van der Waals surface area (Å²) in [6.45, 7) is 1.10. The van der Waals surface area contributed by atoms with Crippen molar-refractivity contribution in [1.29, 1.82) is 0 Å². The minimum absolute atomic E-state index is 0.843. The molecule has 52 valence electrons. The van der Waals surface area contributed by atoms with E-state index in [9.17, 15) is 0 Å². The van der Waals surface area contributed by atoms with Gasteiger partial charge in [-0.3, -0.25) is 0 Å². The Kier molecular flexibility index (Phi) is 2.71. The molecule has 1 N–H and O–H groups in total. The first kappa shape index (κ1) is 6.75. The van der Waals surface area contributed by atoms with Crippen molar-refractivity contribution in [2.45, 2.75) is 25.3 Å². The van der Waals surface area contributed by atoms with Gasteiger partial charge in [0, 0.05) is 19.6 Å². The van der Waals surface area contributed by atoms with Crippen LogP contribution in [0.15, 0.2) is 4.99 Å². The van der Waals surface area contributed by atoms with E-state index in [1.165, 1.54) is 12.8 Å². The minimum Gasteiger partial charge on any atom is -0.314 e. The van der Waals surface area contributed by atoms with E-state index < -0.39 is 0 Å². The van der Waals surface area contributed by atoms with E-state index in [1.54, 1.807) is 0 Å². The molecule has 1 saturated carbocycles. The highest BCUT2D eigenvalue weighted by Crippen LogP contribution is 2.17. The molecule has 0 aromatic carbocycles. The van der Waals surface area contributed by atoms with Gasteiger partial charge in [-0.15, -0.1) is 0 Å². The first-order valence-corrected chi connectivity index (χ1v) is 3.57. The third-order valence-electron chi connectivity index (χ3n) is 1.47. The third-order valence-corrected chi connectivity index (χ3v) is 1.47. The number of rotatable bonds is 4. The van der Waals surface area contributed by atoms with Crippen molar-refractivity contribution in [3.63, 3.8) is 0 Å². The predicted octanol–water partition coefficient (Wildman–Crippen LogP) is 0.829. The van der Waals surface area contributed by atoms with Gasteiger partial charge < -0.3 is 10.3 Å². The first-order chi connectivity index (χ1) is 4.43. The van der Waals surface area contributed by atoms with E-state index >= 15 is 0 Å². The number of hydrogen-bond acceptors (Lipinski definition) is 2. The van der Waals surface area contributed by atoms with Crippen molar-refractivity contribution in [1.82, 2.24) is 5.32 Å². The van der Waals surface area contributed by atoms with Gasteiger partial charge in [0.1, 0.15) is 0 Å². The van der Waals surface area contributed by atoms with Crippen LogP contribution in [0.4, 0.5) is 0 Å². The summed E-state index contributed by atoms with van der Waals surface area (Å²) in [5.41, 5.74) is 0. The second-order valence-electron chi connectivity index (χ2n) is 2.46. The molecule has 0 aromatic rings. The van der Waals surface area contributed by atoms with Gasteiger partial charge in [-0.2, -0.15) is 0 Å². The zero-order valence-corrected chi connectivity index (χ0v) is 5.93. The average Bonchev–Trinajstić information content (AvgIpc) is 2.63. The molecular weight excluding hydrogens is 112 g/mol. The molecule has 2 nitrogen and oxygen atoms in total. The molecule has 1 fully saturated rings. The van der Waals surface area contributed by atoms with E-state index in [-0.39, 0.29) is 0 Å². The molecule has 2 heteroatoms. The molecule has 0 amide bonds. The van der Waals surface area contributed by atoms with Gasteiger partial charge in [0.2, 0.25) is 0 Å². The van der Waals surface area contributed by atoms with Crippen molar-refractivity contribution >= 4 is 6.21 Å². The van der Waals surface area contributed by atoms with E-state index in [0.717, 1.165) is 19.0 Å². The summed E-state index contributed by atoms with van der Waals surface area (Å²) in [5, 5.41) is 3.40. The van der Waals surface area contributed by atoms with E-state index in [2.05, 4.69) is 10.3 Å². The molecule has 0 saturated heterocycles. The maximum Gasteiger partial charge on any atom is 0.0273 e. The highest BCUT2D eigenvalue weighted by molar-refractivity contribution is 5.56. The van der Waals surface area contributed by atoms with Crippen LogP contribution in [-0.2, 0) is 0 Å². The summed E-state index contributed by atoms with van der Waals surface area (Å²) in [4.78, 5) is 3.89. The van der Waals surface area contributed by atoms with E-state index in [4.69, 9.17) is 0 Å². The Labute approximate surface area is 56.4 Å². The Hall–Kier alpha value is -0.370. The third kappa shape index (κ3) is 3.25. The Bertz CT molecular complexity index is 95.1. The van der Waals surface area contributed by atoms with Crippen molar-refractivity contribution in [2.75, 3.05) is 13.6 Å². The van der Waals surface area contributed by atoms with Crippen LogP contribution in [0.5, 0.6) is 0 Å². The highest BCUT2D eigenvalue weighted by Gasteiger charge is 2.19. The van der Waals surface area contributed by atoms with Gasteiger partial charge in [0.15, 0.2) is 0 Å². The number of aliphatic imine (C=N–C) groups is 1. The molecule has 0 spiro atoms. The van der Waals surface area contributed by atoms with Crippen LogP contribution in [0.25, 0.3) is 0 Å². The van der Waals surface area contributed by atoms with Crippen LogP contribution in [-0.4, -0.2) is 25.8 Å². The van der Waals surface area contributed by atoms with Gasteiger partial charge in [0.05, 0.1) is 0 Å². The zero-order chi connectivity index (χ0) is 6.53. The van der Waals surface area contributed by atoms with Gasteiger partial charge in [-0.1, -0.05) is 0 Å². The lowest BCUT2D eigenvalue weighted by Gasteiger charge is -1.95. The Morgan fingerprint density at radius 1 is 1.67 bits per heavy atom. The van der Waals surface area contributed by atoms with E-state index in [1.807, 2.05) is 13.3 Å². The van der Waals surface area contributed by atoms with Crippen LogP contribution in [0.1, 0.15) is 19.3 Å². The topological polar surface area (TPSA) is 24.4 Å². The molecule has 0 bridgehead atoms. The van der Waals surface area contributed by atoms with E-state index in [0.29, 0.717) is 0 Å². The van der Waals surface area contributed by atoms with Crippen molar-refractivity contribution in [2.24, 2.45) is 4.99 Å². The van der Waals surface area contributed by atoms with Crippen LogP contribution >= 0.6 is 0 Å². The molecule has 1 aliphatic rings. The Morgan fingerprint density at radius 3 is 3.00 bits per heavy atom. The molecular formula is C7H14N2. The quantitative estimate of drug-likeness (QED) is 0.438. The fourth-order valence-corrected chi connectivity index (χ4v) is 0.769. The molecule has 0 unspecified atom stereocenters. The highest BCUT2D eigenvalue weighted by atomic mass is 14.9. The van der Waals surface area contributed by atoms with Gasteiger partial charge in [-0.05, 0) is 25.5 Å². The second-order valence-corrected chi connectivity index (χ2v) is 2.46. The van der Waals surface area contributed by atoms with Crippen molar-refractivity contribution in [3.05, 3.63) is 0 Å². The Balaban J connectivity index is 1.81. The van der Waals surface area contributed by atoms with Gasteiger partial charge >= 0.3 is 0 Å². The lowest BCUT2D eigenvalue weighted by atomic mass is 10.4. The molecule has 0 atom stereocenters. The molecule has 0 aliphatic heterocycles. The summed E-state index contributed by atoms with van der Waals surface area (Å²) in [6.07, 6.45) is 5.79. The maximum absolute atomic E-state index is 3.89. The van der Waals surface area contributed by atoms with Crippen LogP contribution in [0, 0.1) is 0 Å². The molecule has 0 aromatic heterocycles. The van der Waals surface area contributed by atoms with Gasteiger partial charge in [-0.25, -0.2) is 0 Å². The second kappa shape index (κ2) is 3.62. The summed E-state index contributed by atoms with van der Waals surface area (Å²) in [7, 11) is 1.82. The van der Waals surface area contributed by atoms with Crippen LogP contribution in [0.3, 0.4) is 0 Å². The summed E-state index contributed by atoms with van der Waals surface area (Å²) in [6, 6.07) is 0.843. The molecule has 0 heterocycles. The molecule has 9 heavy (non-hydrogen) atoms. The SMILES string of the molecule is CN=CCCNC1CC1. The van der Waals surface area contributed by atoms with Crippen molar-refractivity contribution < 1.29 is 0 Å². The van der Waals surface area contributed by atoms with Crippen molar-refractivity contribution in [3.8, 4) is 0 Å².